The van der Waals surface area contributed by atoms with Gasteiger partial charge in [-0.25, -0.2) is 9.59 Å². The van der Waals surface area contributed by atoms with Crippen molar-refractivity contribution in [1.82, 2.24) is 15.5 Å². The van der Waals surface area contributed by atoms with E-state index in [0.717, 1.165) is 51.4 Å². The van der Waals surface area contributed by atoms with E-state index in [2.05, 4.69) is 44.9 Å². The Labute approximate surface area is 200 Å². The van der Waals surface area contributed by atoms with Crippen LogP contribution < -0.4 is 10.6 Å². The molecular weight excluding hydrogens is 472 g/mol. The van der Waals surface area contributed by atoms with Gasteiger partial charge >= 0.3 is 12.2 Å². The first-order valence-corrected chi connectivity index (χ1v) is 13.7. The van der Waals surface area contributed by atoms with Crippen LogP contribution in [0.3, 0.4) is 0 Å². The summed E-state index contributed by atoms with van der Waals surface area (Å²) in [6.07, 6.45) is 8.84. The number of rotatable bonds is 14. The van der Waals surface area contributed by atoms with Crippen molar-refractivity contribution < 1.29 is 19.1 Å². The van der Waals surface area contributed by atoms with Crippen LogP contribution in [0.4, 0.5) is 14.7 Å². The first-order valence-electron chi connectivity index (χ1n) is 10.8. The van der Waals surface area contributed by atoms with Crippen LogP contribution >= 0.6 is 32.9 Å². The molecule has 1 aromatic heterocycles. The number of unbranched alkanes of at least 4 members (excludes halogenated alkanes) is 6. The first kappa shape index (κ1) is 26.4. The lowest BCUT2D eigenvalue weighted by molar-refractivity contribution is 0.144. The van der Waals surface area contributed by atoms with Crippen molar-refractivity contribution in [2.45, 2.75) is 75.6 Å². The second kappa shape index (κ2) is 15.9. The van der Waals surface area contributed by atoms with Gasteiger partial charge in [-0.05, 0) is 34.4 Å². The van der Waals surface area contributed by atoms with Crippen LogP contribution in [0.2, 0.25) is 0 Å². The minimum absolute atomic E-state index is 0.359. The van der Waals surface area contributed by atoms with E-state index in [-0.39, 0.29) is 0 Å². The Bertz CT molecular complexity index is 774. The zero-order valence-corrected chi connectivity index (χ0v) is 20.8. The van der Waals surface area contributed by atoms with Gasteiger partial charge in [-0.3, -0.25) is 5.32 Å². The highest BCUT2D eigenvalue weighted by Crippen LogP contribution is 2.36. The Morgan fingerprint density at radius 1 is 0.969 bits per heavy atom. The number of aromatic nitrogens is 2. The van der Waals surface area contributed by atoms with Crippen LogP contribution in [0.1, 0.15) is 65.2 Å². The number of nitrogens with zero attached hydrogens (tertiary/aromatic N) is 4. The van der Waals surface area contributed by atoms with Gasteiger partial charge in [-0.1, -0.05) is 63.7 Å². The smallest absolute Gasteiger partial charge is 0.413 e. The van der Waals surface area contributed by atoms with Crippen molar-refractivity contribution in [2.75, 3.05) is 18.5 Å². The molecule has 0 radical (unpaired) electrons. The molecule has 0 saturated heterocycles. The zero-order chi connectivity index (χ0) is 23.0. The summed E-state index contributed by atoms with van der Waals surface area (Å²) >= 11 is 1.22. The Hall–Kier alpha value is -1.86. The van der Waals surface area contributed by atoms with Crippen molar-refractivity contribution in [3.63, 3.8) is 0 Å². The summed E-state index contributed by atoms with van der Waals surface area (Å²) < 4.78 is 10.9. The maximum Gasteiger partial charge on any atom is 0.413 e. The standard InChI is InChI=1S/C19H30N6O4S3/c1-3-5-7-9-11-28-17(26)21-14-13-20-23-15(14)31-32-19-25-24-16(30-19)22-18(27)29-12-10-8-6-4-2/h13-14H,3-12H2,1-2H3,(H,21,26)(H,22,24,27). The molecule has 1 atom stereocenters. The third-order valence-electron chi connectivity index (χ3n) is 4.19. The largest absolute Gasteiger partial charge is 0.450 e. The normalized spacial score (nSPS) is 14.8. The zero-order valence-electron chi connectivity index (χ0n) is 18.4. The predicted molar refractivity (Wildman–Crippen MR) is 131 cm³/mol. The number of amides is 2. The lowest BCUT2D eigenvalue weighted by Gasteiger charge is -2.11. The molecule has 0 fully saturated rings. The Morgan fingerprint density at radius 3 is 2.34 bits per heavy atom. The molecule has 0 saturated carbocycles. The molecule has 13 heteroatoms. The molecule has 0 spiro atoms. The molecule has 0 bridgehead atoms. The number of carbonyl (C=O) groups is 2. The number of carbonyl (C=O) groups excluding carboxylic acids is 2. The second-order valence-electron chi connectivity index (χ2n) is 6.88. The number of ether oxygens (including phenoxy) is 2. The van der Waals surface area contributed by atoms with Crippen LogP contribution in [0.15, 0.2) is 14.5 Å². The Morgan fingerprint density at radius 2 is 1.66 bits per heavy atom. The highest BCUT2D eigenvalue weighted by molar-refractivity contribution is 8.82. The fourth-order valence-corrected chi connectivity index (χ4v) is 5.47. The van der Waals surface area contributed by atoms with Gasteiger partial charge in [0.1, 0.15) is 11.1 Å². The quantitative estimate of drug-likeness (QED) is 0.194. The maximum absolute atomic E-state index is 11.9. The maximum atomic E-state index is 11.9. The molecule has 0 aliphatic carbocycles. The minimum atomic E-state index is -0.534. The minimum Gasteiger partial charge on any atom is -0.450 e. The van der Waals surface area contributed by atoms with Gasteiger partial charge in [0.15, 0.2) is 4.34 Å². The van der Waals surface area contributed by atoms with E-state index >= 15 is 0 Å². The average molecular weight is 503 g/mol. The number of anilines is 1. The number of nitrogens with one attached hydrogen (secondary N) is 2. The van der Waals surface area contributed by atoms with Crippen molar-refractivity contribution in [3.8, 4) is 0 Å². The van der Waals surface area contributed by atoms with Gasteiger partial charge in [0, 0.05) is 0 Å². The summed E-state index contributed by atoms with van der Waals surface area (Å²) in [5.74, 6) is 0. The molecule has 1 aromatic rings. The highest BCUT2D eigenvalue weighted by Gasteiger charge is 2.23. The van der Waals surface area contributed by atoms with Crippen LogP contribution in [0.25, 0.3) is 0 Å². The number of hydrogen-bond acceptors (Lipinski definition) is 11. The molecule has 1 unspecified atom stereocenters. The summed E-state index contributed by atoms with van der Waals surface area (Å²) in [5, 5.41) is 22.2. The van der Waals surface area contributed by atoms with Crippen molar-refractivity contribution >= 4 is 61.5 Å². The molecule has 178 valence electrons. The fraction of sp³-hybridized carbons (Fsp3) is 0.684. The van der Waals surface area contributed by atoms with Gasteiger partial charge in [-0.2, -0.15) is 5.10 Å². The van der Waals surface area contributed by atoms with E-state index in [1.165, 1.54) is 32.9 Å². The van der Waals surface area contributed by atoms with Crippen molar-refractivity contribution in [2.24, 2.45) is 10.2 Å². The number of alkyl carbamates (subject to hydrolysis) is 1. The molecule has 1 aliphatic heterocycles. The van der Waals surface area contributed by atoms with E-state index in [1.54, 1.807) is 6.21 Å². The van der Waals surface area contributed by atoms with Crippen LogP contribution in [0.5, 0.6) is 0 Å². The molecule has 1 aliphatic rings. The number of hydrogen-bond donors (Lipinski definition) is 2. The van der Waals surface area contributed by atoms with Crippen LogP contribution in [-0.2, 0) is 9.47 Å². The molecule has 32 heavy (non-hydrogen) atoms. The molecule has 2 N–H and O–H groups in total. The third-order valence-corrected chi connectivity index (χ3v) is 7.69. The van der Waals surface area contributed by atoms with E-state index in [0.29, 0.717) is 27.7 Å². The van der Waals surface area contributed by atoms with Gasteiger partial charge in [-0.15, -0.1) is 15.3 Å². The average Bonchev–Trinajstić information content (AvgIpc) is 3.41. The Kier molecular flexibility index (Phi) is 13.1. The Balaban J connectivity index is 1.66. The molecular formula is C19H30N6O4S3. The predicted octanol–water partition coefficient (Wildman–Crippen LogP) is 5.48. The third kappa shape index (κ3) is 10.6. The molecule has 0 aromatic carbocycles. The summed E-state index contributed by atoms with van der Waals surface area (Å²) in [6, 6.07) is -0.441. The van der Waals surface area contributed by atoms with Crippen molar-refractivity contribution in [1.29, 1.82) is 0 Å². The van der Waals surface area contributed by atoms with E-state index in [1.807, 2.05) is 0 Å². The summed E-state index contributed by atoms with van der Waals surface area (Å²) in [4.78, 5) is 23.7. The van der Waals surface area contributed by atoms with Crippen LogP contribution in [-0.4, -0.2) is 52.9 Å². The summed E-state index contributed by atoms with van der Waals surface area (Å²) in [6.45, 7) is 5.04. The second-order valence-corrected chi connectivity index (χ2v) is 10.3. The monoisotopic (exact) mass is 502 g/mol. The summed E-state index contributed by atoms with van der Waals surface area (Å²) in [5.41, 5.74) is 0. The van der Waals surface area contributed by atoms with Gasteiger partial charge < -0.3 is 14.8 Å². The molecule has 2 rings (SSSR count). The van der Waals surface area contributed by atoms with Crippen LogP contribution in [0, 0.1) is 0 Å². The van der Waals surface area contributed by atoms with Gasteiger partial charge in [0.2, 0.25) is 5.13 Å². The first-order chi connectivity index (χ1) is 15.6. The van der Waals surface area contributed by atoms with Gasteiger partial charge in [0.05, 0.1) is 19.4 Å². The van der Waals surface area contributed by atoms with E-state index in [9.17, 15) is 9.59 Å². The van der Waals surface area contributed by atoms with Crippen molar-refractivity contribution in [3.05, 3.63) is 0 Å². The molecule has 2 heterocycles. The van der Waals surface area contributed by atoms with E-state index < -0.39 is 18.2 Å². The molecule has 2 amide bonds. The van der Waals surface area contributed by atoms with E-state index in [4.69, 9.17) is 9.47 Å². The molecule has 10 nitrogen and oxygen atoms in total. The lowest BCUT2D eigenvalue weighted by atomic mass is 10.2. The lowest BCUT2D eigenvalue weighted by Crippen LogP contribution is -2.39. The fourth-order valence-electron chi connectivity index (χ4n) is 2.50. The summed E-state index contributed by atoms with van der Waals surface area (Å²) in [7, 11) is 2.63. The highest BCUT2D eigenvalue weighted by atomic mass is 33.1. The topological polar surface area (TPSA) is 127 Å². The SMILES string of the molecule is CCCCCCOC(=O)Nc1nnc(SSC2=NN=CC2NC(=O)OCCCCCC)s1. The van der Waals surface area contributed by atoms with Gasteiger partial charge in [0.25, 0.3) is 0 Å².